The van der Waals surface area contributed by atoms with Gasteiger partial charge in [0.05, 0.1) is 24.1 Å². The Morgan fingerprint density at radius 2 is 1.71 bits per heavy atom. The first-order chi connectivity index (χ1) is 14.9. The summed E-state index contributed by atoms with van der Waals surface area (Å²) in [6.07, 6.45) is -2.70. The highest BCUT2D eigenvalue weighted by molar-refractivity contribution is 5.94. The van der Waals surface area contributed by atoms with Crippen LogP contribution in [0.15, 0.2) is 60.8 Å². The second-order valence-corrected chi connectivity index (χ2v) is 6.72. The van der Waals surface area contributed by atoms with Crippen LogP contribution in [0.3, 0.4) is 0 Å². The van der Waals surface area contributed by atoms with E-state index >= 15 is 0 Å². The fraction of sp³-hybridized carbons (Fsp3) is 0.136. The van der Waals surface area contributed by atoms with Gasteiger partial charge in [0, 0.05) is 29.5 Å². The van der Waals surface area contributed by atoms with E-state index in [1.807, 2.05) is 18.2 Å². The van der Waals surface area contributed by atoms with Crippen molar-refractivity contribution in [2.75, 3.05) is 12.4 Å². The topological polar surface area (TPSA) is 59.9 Å². The fourth-order valence-corrected chi connectivity index (χ4v) is 3.19. The number of hydrogen-bond donors (Lipinski definition) is 1. The number of halogens is 4. The smallest absolute Gasteiger partial charge is 0.419 e. The maximum Gasteiger partial charge on any atom is 0.419 e. The van der Waals surface area contributed by atoms with Crippen molar-refractivity contribution in [3.05, 3.63) is 83.4 Å². The molecular formula is C22H16F4N4O. The van der Waals surface area contributed by atoms with Crippen molar-refractivity contribution in [3.63, 3.8) is 0 Å². The number of methoxy groups -OCH3 is 1. The zero-order chi connectivity index (χ0) is 22.0. The third kappa shape index (κ3) is 4.25. The van der Waals surface area contributed by atoms with Crippen LogP contribution in [0.25, 0.3) is 10.8 Å². The minimum Gasteiger partial charge on any atom is -0.481 e. The molecule has 158 valence electrons. The molecule has 0 aliphatic carbocycles. The monoisotopic (exact) mass is 428 g/mol. The molecule has 4 aromatic rings. The van der Waals surface area contributed by atoms with Crippen LogP contribution >= 0.6 is 0 Å². The summed E-state index contributed by atoms with van der Waals surface area (Å²) < 4.78 is 58.5. The Morgan fingerprint density at radius 1 is 0.935 bits per heavy atom. The molecule has 0 saturated heterocycles. The van der Waals surface area contributed by atoms with Crippen molar-refractivity contribution < 1.29 is 22.3 Å². The number of pyridine rings is 1. The molecule has 2 aromatic heterocycles. The first-order valence-electron chi connectivity index (χ1n) is 9.23. The van der Waals surface area contributed by atoms with Crippen LogP contribution in [0.4, 0.5) is 29.1 Å². The molecule has 2 heterocycles. The third-order valence-electron chi connectivity index (χ3n) is 4.70. The Hall–Kier alpha value is -3.75. The molecule has 2 aromatic carbocycles. The molecule has 4 rings (SSSR count). The number of anilines is 2. The minimum atomic E-state index is -4.80. The number of rotatable bonds is 5. The standard InChI is InChI=1S/C22H16F4N4O/c1-31-19-10-9-13(12-27-19)11-18-14-5-2-3-6-15(14)21(30-29-18)28-17-8-4-7-16(20(17)23)22(24,25)26/h2-10,12H,11H2,1H3,(H,28,30). The molecule has 0 radical (unpaired) electrons. The van der Waals surface area contributed by atoms with Gasteiger partial charge in [0.1, 0.15) is 0 Å². The maximum atomic E-state index is 14.4. The van der Waals surface area contributed by atoms with E-state index in [4.69, 9.17) is 4.74 Å². The van der Waals surface area contributed by atoms with Crippen LogP contribution in [0, 0.1) is 5.82 Å². The number of nitrogens with one attached hydrogen (secondary N) is 1. The van der Waals surface area contributed by atoms with E-state index in [9.17, 15) is 17.6 Å². The zero-order valence-electron chi connectivity index (χ0n) is 16.2. The molecule has 0 aliphatic heterocycles. The molecule has 0 aliphatic rings. The van der Waals surface area contributed by atoms with Crippen molar-refractivity contribution >= 4 is 22.3 Å². The normalized spacial score (nSPS) is 11.5. The Balaban J connectivity index is 1.70. The highest BCUT2D eigenvalue weighted by Gasteiger charge is 2.35. The molecular weight excluding hydrogens is 412 g/mol. The zero-order valence-corrected chi connectivity index (χ0v) is 16.2. The quantitative estimate of drug-likeness (QED) is 0.424. The number of fused-ring (bicyclic) bond motifs is 1. The number of hydrogen-bond acceptors (Lipinski definition) is 5. The average molecular weight is 428 g/mol. The lowest BCUT2D eigenvalue weighted by Crippen LogP contribution is -2.10. The molecule has 0 saturated carbocycles. The van der Waals surface area contributed by atoms with Gasteiger partial charge in [-0.2, -0.15) is 18.3 Å². The summed E-state index contributed by atoms with van der Waals surface area (Å²) in [6, 6.07) is 13.8. The SMILES string of the molecule is COc1ccc(Cc2nnc(Nc3cccc(C(F)(F)F)c3F)c3ccccc23)cn1. The summed E-state index contributed by atoms with van der Waals surface area (Å²) in [4.78, 5) is 4.17. The number of nitrogens with zero attached hydrogens (tertiary/aromatic N) is 3. The van der Waals surface area contributed by atoms with E-state index < -0.39 is 17.6 Å². The molecule has 1 N–H and O–H groups in total. The van der Waals surface area contributed by atoms with Gasteiger partial charge in [-0.05, 0) is 17.7 Å². The van der Waals surface area contributed by atoms with Gasteiger partial charge in [-0.1, -0.05) is 36.4 Å². The average Bonchev–Trinajstić information content (AvgIpc) is 2.76. The molecule has 0 fully saturated rings. The Morgan fingerprint density at radius 3 is 2.39 bits per heavy atom. The van der Waals surface area contributed by atoms with Gasteiger partial charge in [-0.3, -0.25) is 0 Å². The summed E-state index contributed by atoms with van der Waals surface area (Å²) in [5.41, 5.74) is -0.151. The Labute approximate surface area is 174 Å². The number of benzene rings is 2. The Bertz CT molecular complexity index is 1230. The van der Waals surface area contributed by atoms with E-state index in [0.29, 0.717) is 29.4 Å². The van der Waals surface area contributed by atoms with Crippen LogP contribution in [0.2, 0.25) is 0 Å². The molecule has 0 amide bonds. The summed E-state index contributed by atoms with van der Waals surface area (Å²) >= 11 is 0. The van der Waals surface area contributed by atoms with Crippen molar-refractivity contribution in [1.82, 2.24) is 15.2 Å². The summed E-state index contributed by atoms with van der Waals surface area (Å²) in [7, 11) is 1.53. The van der Waals surface area contributed by atoms with Gasteiger partial charge in [-0.25, -0.2) is 9.37 Å². The highest BCUT2D eigenvalue weighted by atomic mass is 19.4. The molecule has 0 unspecified atom stereocenters. The first-order valence-corrected chi connectivity index (χ1v) is 9.23. The Kier molecular flexibility index (Phi) is 5.41. The number of aromatic nitrogens is 3. The molecule has 0 atom stereocenters. The lowest BCUT2D eigenvalue weighted by molar-refractivity contribution is -0.139. The molecule has 5 nitrogen and oxygen atoms in total. The van der Waals surface area contributed by atoms with Crippen molar-refractivity contribution in [3.8, 4) is 5.88 Å². The number of alkyl halides is 3. The first kappa shape index (κ1) is 20.5. The van der Waals surface area contributed by atoms with E-state index in [-0.39, 0.29) is 11.5 Å². The van der Waals surface area contributed by atoms with Gasteiger partial charge >= 0.3 is 6.18 Å². The second kappa shape index (κ2) is 8.17. The molecule has 9 heteroatoms. The largest absolute Gasteiger partial charge is 0.481 e. The van der Waals surface area contributed by atoms with Crippen LogP contribution in [-0.4, -0.2) is 22.3 Å². The third-order valence-corrected chi connectivity index (χ3v) is 4.70. The minimum absolute atomic E-state index is 0.158. The van der Waals surface area contributed by atoms with Gasteiger partial charge < -0.3 is 10.1 Å². The summed E-state index contributed by atoms with van der Waals surface area (Å²) in [5, 5.41) is 12.3. The van der Waals surface area contributed by atoms with E-state index in [2.05, 4.69) is 20.5 Å². The van der Waals surface area contributed by atoms with E-state index in [1.165, 1.54) is 13.2 Å². The van der Waals surface area contributed by atoms with Crippen LogP contribution < -0.4 is 10.1 Å². The lowest BCUT2D eigenvalue weighted by Gasteiger charge is -2.14. The van der Waals surface area contributed by atoms with Gasteiger partial charge in [0.25, 0.3) is 0 Å². The lowest BCUT2D eigenvalue weighted by atomic mass is 10.1. The van der Waals surface area contributed by atoms with Gasteiger partial charge in [0.15, 0.2) is 11.6 Å². The fourth-order valence-electron chi connectivity index (χ4n) is 3.19. The second-order valence-electron chi connectivity index (χ2n) is 6.72. The summed E-state index contributed by atoms with van der Waals surface area (Å²) in [6.45, 7) is 0. The predicted molar refractivity (Wildman–Crippen MR) is 108 cm³/mol. The van der Waals surface area contributed by atoms with E-state index in [1.54, 1.807) is 24.4 Å². The van der Waals surface area contributed by atoms with Gasteiger partial charge in [-0.15, -0.1) is 5.10 Å². The van der Waals surface area contributed by atoms with E-state index in [0.717, 1.165) is 17.0 Å². The highest BCUT2D eigenvalue weighted by Crippen LogP contribution is 2.35. The number of ether oxygens (including phenoxy) is 1. The van der Waals surface area contributed by atoms with Crippen molar-refractivity contribution in [1.29, 1.82) is 0 Å². The predicted octanol–water partition coefficient (Wildman–Crippen LogP) is 5.53. The van der Waals surface area contributed by atoms with Crippen LogP contribution in [0.5, 0.6) is 5.88 Å². The molecule has 31 heavy (non-hydrogen) atoms. The summed E-state index contributed by atoms with van der Waals surface area (Å²) in [5.74, 6) is -0.748. The van der Waals surface area contributed by atoms with Crippen molar-refractivity contribution in [2.24, 2.45) is 0 Å². The van der Waals surface area contributed by atoms with Crippen LogP contribution in [-0.2, 0) is 12.6 Å². The maximum absolute atomic E-state index is 14.4. The molecule has 0 bridgehead atoms. The van der Waals surface area contributed by atoms with Crippen molar-refractivity contribution in [2.45, 2.75) is 12.6 Å². The van der Waals surface area contributed by atoms with Crippen LogP contribution in [0.1, 0.15) is 16.8 Å². The molecule has 0 spiro atoms. The van der Waals surface area contributed by atoms with Gasteiger partial charge in [0.2, 0.25) is 5.88 Å².